The topological polar surface area (TPSA) is 0 Å². The second-order valence-corrected chi connectivity index (χ2v) is 2.36. The van der Waals surface area contributed by atoms with Crippen molar-refractivity contribution in [1.82, 2.24) is 0 Å². The minimum absolute atomic E-state index is 0.0718. The van der Waals surface area contributed by atoms with Gasteiger partial charge in [0.25, 0.3) is 0 Å². The van der Waals surface area contributed by atoms with Crippen LogP contribution in [0.5, 0.6) is 0 Å². The average Bonchev–Trinajstić information content (AvgIpc) is 2.15. The van der Waals surface area contributed by atoms with Gasteiger partial charge in [-0.15, -0.1) is 0 Å². The lowest BCUT2D eigenvalue weighted by atomic mass is 10.3. The second kappa shape index (κ2) is 6.49. The highest BCUT2D eigenvalue weighted by molar-refractivity contribution is 4.88. The maximum atomic E-state index is 11.4. The predicted molar refractivity (Wildman–Crippen MR) is 42.3 cm³/mol. The van der Waals surface area contributed by atoms with Gasteiger partial charge in [-0.2, -0.15) is 22.0 Å². The molecule has 0 aliphatic heterocycles. The predicted octanol–water partition coefficient (Wildman–Crippen LogP) is 4.15. The Morgan fingerprint density at radius 2 is 1.25 bits per heavy atom. The van der Waals surface area contributed by atoms with E-state index >= 15 is 0 Å². The van der Waals surface area contributed by atoms with E-state index in [0.29, 0.717) is 0 Å². The van der Waals surface area contributed by atoms with E-state index in [1.807, 2.05) is 0 Å². The molecule has 0 aliphatic rings. The summed E-state index contributed by atoms with van der Waals surface area (Å²) in [5.74, 6) is -4.03. The first-order valence-corrected chi connectivity index (χ1v) is 3.62. The third-order valence-corrected chi connectivity index (χ3v) is 1.08. The van der Waals surface area contributed by atoms with Gasteiger partial charge in [0.1, 0.15) is 0 Å². The lowest BCUT2D eigenvalue weighted by Gasteiger charge is -2.07. The van der Waals surface area contributed by atoms with Gasteiger partial charge in [-0.05, 0) is 12.2 Å². The second-order valence-electron chi connectivity index (χ2n) is 2.36. The van der Waals surface area contributed by atoms with E-state index in [9.17, 15) is 35.1 Å². The quantitative estimate of drug-likeness (QED) is 0.525. The highest BCUT2D eigenvalue weighted by Crippen LogP contribution is 2.23. The minimum atomic E-state index is -4.78. The molecule has 0 heterocycles. The summed E-state index contributed by atoms with van der Waals surface area (Å²) in [7, 11) is 0. The fourth-order valence-electron chi connectivity index (χ4n) is 0.223. The van der Waals surface area contributed by atoms with E-state index in [2.05, 4.69) is 13.2 Å². The van der Waals surface area contributed by atoms with Crippen LogP contribution in [0.2, 0.25) is 0 Å². The number of hydrogen-bond acceptors (Lipinski definition) is 0. The molecule has 0 N–H and O–H groups in total. The van der Waals surface area contributed by atoms with Crippen LogP contribution in [0.4, 0.5) is 35.1 Å². The Kier molecular flexibility index (Phi) is 7.03. The van der Waals surface area contributed by atoms with Crippen molar-refractivity contribution in [3.05, 3.63) is 25.3 Å². The fourth-order valence-corrected chi connectivity index (χ4v) is 0.223. The van der Waals surface area contributed by atoms with Crippen molar-refractivity contribution in [3.8, 4) is 0 Å². The van der Waals surface area contributed by atoms with Crippen LogP contribution >= 0.6 is 0 Å². The third-order valence-electron chi connectivity index (χ3n) is 1.08. The molecule has 0 aromatic rings. The van der Waals surface area contributed by atoms with Gasteiger partial charge in [-0.1, -0.05) is 13.2 Å². The summed E-state index contributed by atoms with van der Waals surface area (Å²) in [6, 6.07) is 0. The standard InChI is InChI=1S/2C4H4F4/c1-2-4(7,8)3(5)6;1-2-3(5)4(6,7)8/h2*2-3H,1H2. The Morgan fingerprint density at radius 1 is 0.875 bits per heavy atom. The molecule has 0 saturated heterocycles. The fraction of sp³-hybridized carbons (Fsp3) is 0.500. The molecule has 0 aromatic heterocycles. The zero-order valence-electron chi connectivity index (χ0n) is 7.75. The number of rotatable bonds is 3. The van der Waals surface area contributed by atoms with Gasteiger partial charge in [-0.3, -0.25) is 0 Å². The molecule has 0 saturated carbocycles. The van der Waals surface area contributed by atoms with Gasteiger partial charge >= 0.3 is 18.5 Å². The van der Waals surface area contributed by atoms with Crippen LogP contribution in [0.25, 0.3) is 0 Å². The molecule has 0 nitrogen and oxygen atoms in total. The number of hydrogen-bond donors (Lipinski definition) is 0. The van der Waals surface area contributed by atoms with Crippen LogP contribution in [-0.2, 0) is 0 Å². The number of allylic oxidation sites excluding steroid dienone is 2. The first-order valence-electron chi connectivity index (χ1n) is 3.62. The maximum absolute atomic E-state index is 11.4. The van der Waals surface area contributed by atoms with Gasteiger partial charge in [0, 0.05) is 0 Å². The van der Waals surface area contributed by atoms with Crippen LogP contribution in [0.1, 0.15) is 0 Å². The molecular formula is C8H8F8. The summed E-state index contributed by atoms with van der Waals surface area (Å²) in [5, 5.41) is 0. The van der Waals surface area contributed by atoms with Gasteiger partial charge in [0.15, 0.2) is 0 Å². The van der Waals surface area contributed by atoms with Crippen molar-refractivity contribution >= 4 is 0 Å². The van der Waals surface area contributed by atoms with Gasteiger partial charge < -0.3 is 0 Å². The summed E-state index contributed by atoms with van der Waals surface area (Å²) in [6.45, 7) is 5.16. The smallest absolute Gasteiger partial charge is 0.233 e. The molecule has 8 heteroatoms. The highest BCUT2D eigenvalue weighted by Gasteiger charge is 2.37. The zero-order chi connectivity index (χ0) is 13.6. The Morgan fingerprint density at radius 3 is 1.25 bits per heavy atom. The van der Waals surface area contributed by atoms with Gasteiger partial charge in [0.2, 0.25) is 6.17 Å². The van der Waals surface area contributed by atoms with E-state index in [-0.39, 0.29) is 12.2 Å². The number of alkyl halides is 8. The molecule has 1 unspecified atom stereocenters. The average molecular weight is 256 g/mol. The summed E-state index contributed by atoms with van der Waals surface area (Å²) < 4.78 is 89.2. The molecule has 0 fully saturated rings. The molecule has 16 heavy (non-hydrogen) atoms. The normalized spacial score (nSPS) is 13.8. The van der Waals surface area contributed by atoms with Crippen molar-refractivity contribution in [1.29, 1.82) is 0 Å². The molecule has 0 aromatic carbocycles. The summed E-state index contributed by atoms with van der Waals surface area (Å²) in [5.41, 5.74) is 0. The van der Waals surface area contributed by atoms with Crippen molar-refractivity contribution in [2.75, 3.05) is 0 Å². The summed E-state index contributed by atoms with van der Waals surface area (Å²) >= 11 is 0. The molecule has 96 valence electrons. The highest BCUT2D eigenvalue weighted by atomic mass is 19.4. The Bertz CT molecular complexity index is 217. The minimum Gasteiger partial charge on any atom is -0.233 e. The lowest BCUT2D eigenvalue weighted by molar-refractivity contribution is -0.166. The SMILES string of the molecule is C=CC(F)(F)C(F)F.C=CC(F)C(F)(F)F. The van der Waals surface area contributed by atoms with Crippen LogP contribution in [0.15, 0.2) is 25.3 Å². The Labute approximate surface area is 86.2 Å². The molecule has 0 bridgehead atoms. The summed E-state index contributed by atoms with van der Waals surface area (Å²) in [4.78, 5) is 0. The van der Waals surface area contributed by atoms with Crippen molar-refractivity contribution in [2.24, 2.45) is 0 Å². The van der Waals surface area contributed by atoms with Crippen LogP contribution in [0.3, 0.4) is 0 Å². The molecule has 0 spiro atoms. The molecule has 1 atom stereocenters. The molecular weight excluding hydrogens is 248 g/mol. The molecule has 0 rings (SSSR count). The van der Waals surface area contributed by atoms with Crippen LogP contribution in [-0.4, -0.2) is 24.7 Å². The monoisotopic (exact) mass is 256 g/mol. The largest absolute Gasteiger partial charge is 0.423 e. The van der Waals surface area contributed by atoms with E-state index in [1.165, 1.54) is 0 Å². The van der Waals surface area contributed by atoms with Crippen molar-refractivity contribution < 1.29 is 35.1 Å². The van der Waals surface area contributed by atoms with Gasteiger partial charge in [-0.25, -0.2) is 13.2 Å². The summed E-state index contributed by atoms with van der Waals surface area (Å²) in [6.07, 6.45) is -11.2. The molecule has 0 radical (unpaired) electrons. The number of halogens is 8. The molecule has 0 amide bonds. The van der Waals surface area contributed by atoms with Crippen LogP contribution in [0, 0.1) is 0 Å². The maximum Gasteiger partial charge on any atom is 0.423 e. The Hall–Kier alpha value is -1.08. The molecule has 0 aliphatic carbocycles. The lowest BCUT2D eigenvalue weighted by Crippen LogP contribution is -2.22. The van der Waals surface area contributed by atoms with Gasteiger partial charge in [0.05, 0.1) is 0 Å². The van der Waals surface area contributed by atoms with E-state index in [0.717, 1.165) is 0 Å². The van der Waals surface area contributed by atoms with E-state index in [1.54, 1.807) is 0 Å². The van der Waals surface area contributed by atoms with E-state index in [4.69, 9.17) is 0 Å². The van der Waals surface area contributed by atoms with Crippen molar-refractivity contribution in [3.63, 3.8) is 0 Å². The zero-order valence-corrected chi connectivity index (χ0v) is 7.75. The Balaban J connectivity index is 0. The first-order chi connectivity index (χ1) is 6.99. The van der Waals surface area contributed by atoms with Crippen LogP contribution < -0.4 is 0 Å². The van der Waals surface area contributed by atoms with Crippen molar-refractivity contribution in [2.45, 2.75) is 24.7 Å². The first kappa shape index (κ1) is 17.3. The van der Waals surface area contributed by atoms with E-state index < -0.39 is 24.7 Å². The third kappa shape index (κ3) is 7.24.